The molecule has 6 nitrogen and oxygen atoms in total. The first-order valence-corrected chi connectivity index (χ1v) is 8.88. The second-order valence-electron chi connectivity index (χ2n) is 6.72. The van der Waals surface area contributed by atoms with E-state index in [-0.39, 0.29) is 17.9 Å². The van der Waals surface area contributed by atoms with Gasteiger partial charge in [0.2, 0.25) is 5.91 Å². The van der Waals surface area contributed by atoms with Crippen LogP contribution < -0.4 is 10.2 Å². The van der Waals surface area contributed by atoms with E-state index >= 15 is 0 Å². The number of nitrogens with zero attached hydrogens (tertiary/aromatic N) is 3. The van der Waals surface area contributed by atoms with Crippen LogP contribution in [0.1, 0.15) is 22.3 Å². The zero-order chi connectivity index (χ0) is 18.8. The number of hydrogen-bond acceptors (Lipinski definition) is 3. The van der Waals surface area contributed by atoms with Crippen molar-refractivity contribution in [3.63, 3.8) is 0 Å². The molecule has 0 aliphatic carbocycles. The molecule has 4 rings (SSSR count). The van der Waals surface area contributed by atoms with E-state index in [0.29, 0.717) is 18.5 Å². The van der Waals surface area contributed by atoms with Gasteiger partial charge in [-0.2, -0.15) is 5.10 Å². The van der Waals surface area contributed by atoms with E-state index in [2.05, 4.69) is 10.4 Å². The van der Waals surface area contributed by atoms with Crippen molar-refractivity contribution < 1.29 is 9.59 Å². The zero-order valence-electron chi connectivity index (χ0n) is 15.0. The van der Waals surface area contributed by atoms with Crippen molar-refractivity contribution >= 4 is 17.5 Å². The highest BCUT2D eigenvalue weighted by molar-refractivity contribution is 5.99. The summed E-state index contributed by atoms with van der Waals surface area (Å²) in [5.41, 5.74) is 3.33. The van der Waals surface area contributed by atoms with Gasteiger partial charge in [-0.05, 0) is 48.9 Å². The lowest BCUT2D eigenvalue weighted by molar-refractivity contribution is -0.117. The Morgan fingerprint density at radius 1 is 1.11 bits per heavy atom. The lowest BCUT2D eigenvalue weighted by Crippen LogP contribution is -2.37. The molecule has 1 saturated heterocycles. The molecule has 1 aliphatic rings. The number of aryl methyl sites for hydroxylation is 1. The Bertz CT molecular complexity index is 981. The molecule has 2 aromatic carbocycles. The van der Waals surface area contributed by atoms with Crippen LogP contribution in [-0.2, 0) is 4.79 Å². The molecule has 1 unspecified atom stereocenters. The number of benzene rings is 2. The van der Waals surface area contributed by atoms with Gasteiger partial charge in [0.15, 0.2) is 0 Å². The largest absolute Gasteiger partial charge is 0.347 e. The van der Waals surface area contributed by atoms with E-state index in [9.17, 15) is 9.59 Å². The van der Waals surface area contributed by atoms with E-state index in [0.717, 1.165) is 16.9 Å². The lowest BCUT2D eigenvalue weighted by atomic mass is 10.1. The average molecular weight is 360 g/mol. The maximum atomic E-state index is 12.7. The topological polar surface area (TPSA) is 67.2 Å². The minimum atomic E-state index is -0.209. The van der Waals surface area contributed by atoms with E-state index in [1.165, 1.54) is 0 Å². The highest BCUT2D eigenvalue weighted by Gasteiger charge is 2.31. The summed E-state index contributed by atoms with van der Waals surface area (Å²) in [6, 6.07) is 16.7. The van der Waals surface area contributed by atoms with Crippen LogP contribution in [0.25, 0.3) is 5.69 Å². The Morgan fingerprint density at radius 2 is 1.93 bits per heavy atom. The Morgan fingerprint density at radius 3 is 2.70 bits per heavy atom. The Balaban J connectivity index is 1.46. The predicted octanol–water partition coefficient (Wildman–Crippen LogP) is 2.72. The summed E-state index contributed by atoms with van der Waals surface area (Å²) in [6.45, 7) is 2.47. The van der Waals surface area contributed by atoms with Gasteiger partial charge in [-0.3, -0.25) is 9.59 Å². The molecule has 1 fully saturated rings. The number of amides is 2. The van der Waals surface area contributed by atoms with Gasteiger partial charge in [0.05, 0.1) is 11.7 Å². The van der Waals surface area contributed by atoms with Crippen LogP contribution in [0.2, 0.25) is 0 Å². The van der Waals surface area contributed by atoms with Crippen LogP contribution in [0.3, 0.4) is 0 Å². The number of carbonyl (C=O) groups is 2. The second-order valence-corrected chi connectivity index (χ2v) is 6.72. The molecule has 1 aliphatic heterocycles. The monoisotopic (exact) mass is 360 g/mol. The summed E-state index contributed by atoms with van der Waals surface area (Å²) in [4.78, 5) is 26.8. The first-order chi connectivity index (χ1) is 13.1. The summed E-state index contributed by atoms with van der Waals surface area (Å²) in [6.07, 6.45) is 3.82. The van der Waals surface area contributed by atoms with E-state index in [1.54, 1.807) is 27.9 Å². The van der Waals surface area contributed by atoms with Crippen molar-refractivity contribution in [1.29, 1.82) is 0 Å². The van der Waals surface area contributed by atoms with Crippen LogP contribution in [-0.4, -0.2) is 34.2 Å². The number of rotatable bonds is 4. The van der Waals surface area contributed by atoms with E-state index < -0.39 is 0 Å². The standard InChI is InChI=1S/C21H20N4O2/c1-15-5-2-7-18(11-15)24-14-17(13-20(24)26)23-21(27)16-6-3-8-19(12-16)25-10-4-9-22-25/h2-12,17H,13-14H2,1H3,(H,23,27). The molecule has 1 N–H and O–H groups in total. The smallest absolute Gasteiger partial charge is 0.251 e. The predicted molar refractivity (Wildman–Crippen MR) is 103 cm³/mol. The van der Waals surface area contributed by atoms with Crippen LogP contribution in [0.5, 0.6) is 0 Å². The fourth-order valence-electron chi connectivity index (χ4n) is 3.33. The summed E-state index contributed by atoms with van der Waals surface area (Å²) in [5, 5.41) is 7.17. The van der Waals surface area contributed by atoms with E-state index in [4.69, 9.17) is 0 Å². The highest BCUT2D eigenvalue weighted by atomic mass is 16.2. The third-order valence-electron chi connectivity index (χ3n) is 4.65. The quantitative estimate of drug-likeness (QED) is 0.778. The molecule has 2 amide bonds. The first-order valence-electron chi connectivity index (χ1n) is 8.88. The molecule has 3 aromatic rings. The van der Waals surface area contributed by atoms with Crippen molar-refractivity contribution in [3.8, 4) is 5.69 Å². The maximum absolute atomic E-state index is 12.7. The van der Waals surface area contributed by atoms with Crippen molar-refractivity contribution in [1.82, 2.24) is 15.1 Å². The Labute approximate surface area is 157 Å². The molecular formula is C21H20N4O2. The molecule has 0 saturated carbocycles. The molecule has 27 heavy (non-hydrogen) atoms. The van der Waals surface area contributed by atoms with Gasteiger partial charge in [0.25, 0.3) is 5.91 Å². The van der Waals surface area contributed by atoms with Gasteiger partial charge < -0.3 is 10.2 Å². The average Bonchev–Trinajstić information content (AvgIpc) is 3.32. The van der Waals surface area contributed by atoms with Crippen molar-refractivity contribution in [2.24, 2.45) is 0 Å². The number of anilines is 1. The molecule has 6 heteroatoms. The number of nitrogens with one attached hydrogen (secondary N) is 1. The van der Waals surface area contributed by atoms with Crippen LogP contribution in [0.15, 0.2) is 67.0 Å². The third-order valence-corrected chi connectivity index (χ3v) is 4.65. The molecule has 0 bridgehead atoms. The Kier molecular flexibility index (Phi) is 4.46. The van der Waals surface area contributed by atoms with Gasteiger partial charge in [0, 0.05) is 36.6 Å². The minimum absolute atomic E-state index is 0.0243. The second kappa shape index (κ2) is 7.07. The van der Waals surface area contributed by atoms with Gasteiger partial charge in [0.1, 0.15) is 0 Å². The summed E-state index contributed by atoms with van der Waals surface area (Å²) in [5.74, 6) is -0.163. The third kappa shape index (κ3) is 3.60. The van der Waals surface area contributed by atoms with Crippen LogP contribution >= 0.6 is 0 Å². The number of hydrogen-bond donors (Lipinski definition) is 1. The van der Waals surface area contributed by atoms with Crippen LogP contribution in [0.4, 0.5) is 5.69 Å². The van der Waals surface area contributed by atoms with Gasteiger partial charge >= 0.3 is 0 Å². The number of aromatic nitrogens is 2. The van der Waals surface area contributed by atoms with Crippen LogP contribution in [0, 0.1) is 6.92 Å². The van der Waals surface area contributed by atoms with Crippen molar-refractivity contribution in [3.05, 3.63) is 78.1 Å². The fourth-order valence-corrected chi connectivity index (χ4v) is 3.33. The van der Waals surface area contributed by atoms with Crippen molar-refractivity contribution in [2.45, 2.75) is 19.4 Å². The van der Waals surface area contributed by atoms with Crippen molar-refractivity contribution in [2.75, 3.05) is 11.4 Å². The maximum Gasteiger partial charge on any atom is 0.251 e. The molecular weight excluding hydrogens is 340 g/mol. The summed E-state index contributed by atoms with van der Waals surface area (Å²) < 4.78 is 1.70. The number of carbonyl (C=O) groups excluding carboxylic acids is 2. The highest BCUT2D eigenvalue weighted by Crippen LogP contribution is 2.22. The molecule has 1 aromatic heterocycles. The first kappa shape index (κ1) is 17.0. The molecule has 0 spiro atoms. The normalized spacial score (nSPS) is 16.6. The summed E-state index contributed by atoms with van der Waals surface area (Å²) >= 11 is 0. The van der Waals surface area contributed by atoms with Gasteiger partial charge in [-0.15, -0.1) is 0 Å². The lowest BCUT2D eigenvalue weighted by Gasteiger charge is -2.18. The molecule has 136 valence electrons. The molecule has 2 heterocycles. The Hall–Kier alpha value is -3.41. The zero-order valence-corrected chi connectivity index (χ0v) is 15.0. The SMILES string of the molecule is Cc1cccc(N2CC(NC(=O)c3cccc(-n4cccn4)c3)CC2=O)c1. The molecule has 0 radical (unpaired) electrons. The van der Waals surface area contributed by atoms with Gasteiger partial charge in [-0.25, -0.2) is 4.68 Å². The van der Waals surface area contributed by atoms with Gasteiger partial charge in [-0.1, -0.05) is 18.2 Å². The fraction of sp³-hybridized carbons (Fsp3) is 0.190. The minimum Gasteiger partial charge on any atom is -0.347 e. The molecule has 1 atom stereocenters. The summed E-state index contributed by atoms with van der Waals surface area (Å²) in [7, 11) is 0. The van der Waals surface area contributed by atoms with E-state index in [1.807, 2.05) is 55.6 Å².